The SMILES string of the molecule is Cc1ccoc1C(=O)N1CC(Oc2ccc(C#N)cc2)C1. The number of nitriles is 1. The fourth-order valence-corrected chi connectivity index (χ4v) is 2.21. The second-order valence-corrected chi connectivity index (χ2v) is 5.02. The van der Waals surface area contributed by atoms with Gasteiger partial charge < -0.3 is 14.1 Å². The van der Waals surface area contributed by atoms with E-state index in [1.54, 1.807) is 35.2 Å². The molecule has 1 amide bonds. The van der Waals surface area contributed by atoms with Gasteiger partial charge in [0.2, 0.25) is 0 Å². The lowest BCUT2D eigenvalue weighted by atomic mass is 10.1. The van der Waals surface area contributed by atoms with Crippen LogP contribution in [0.5, 0.6) is 5.75 Å². The predicted octanol–water partition coefficient (Wildman–Crippen LogP) is 2.36. The Morgan fingerprint density at radius 3 is 2.62 bits per heavy atom. The highest BCUT2D eigenvalue weighted by Crippen LogP contribution is 2.21. The van der Waals surface area contributed by atoms with Crippen LogP contribution < -0.4 is 4.74 Å². The molecule has 1 aliphatic rings. The van der Waals surface area contributed by atoms with Gasteiger partial charge in [-0.3, -0.25) is 4.79 Å². The van der Waals surface area contributed by atoms with E-state index in [1.165, 1.54) is 6.26 Å². The van der Waals surface area contributed by atoms with E-state index in [2.05, 4.69) is 6.07 Å². The molecule has 0 aliphatic carbocycles. The Balaban J connectivity index is 1.55. The van der Waals surface area contributed by atoms with Crippen LogP contribution in [0, 0.1) is 18.3 Å². The summed E-state index contributed by atoms with van der Waals surface area (Å²) in [7, 11) is 0. The Kier molecular flexibility index (Phi) is 3.36. The predicted molar refractivity (Wildman–Crippen MR) is 74.9 cm³/mol. The van der Waals surface area contributed by atoms with E-state index in [0.717, 1.165) is 5.56 Å². The van der Waals surface area contributed by atoms with E-state index in [-0.39, 0.29) is 12.0 Å². The van der Waals surface area contributed by atoms with E-state index < -0.39 is 0 Å². The Hall–Kier alpha value is -2.74. The maximum absolute atomic E-state index is 12.1. The summed E-state index contributed by atoms with van der Waals surface area (Å²) in [6, 6.07) is 10.8. The minimum absolute atomic E-state index is 0.0165. The van der Waals surface area contributed by atoms with Crippen LogP contribution in [0.4, 0.5) is 0 Å². The van der Waals surface area contributed by atoms with Crippen molar-refractivity contribution in [2.75, 3.05) is 13.1 Å². The van der Waals surface area contributed by atoms with Gasteiger partial charge in [-0.25, -0.2) is 0 Å². The smallest absolute Gasteiger partial charge is 0.290 e. The molecule has 1 aromatic carbocycles. The maximum atomic E-state index is 12.1. The molecule has 106 valence electrons. The lowest BCUT2D eigenvalue weighted by Gasteiger charge is -2.38. The third-order valence-electron chi connectivity index (χ3n) is 3.48. The second-order valence-electron chi connectivity index (χ2n) is 5.02. The molecule has 0 radical (unpaired) electrons. The zero-order valence-electron chi connectivity index (χ0n) is 11.6. The molecule has 2 heterocycles. The molecule has 21 heavy (non-hydrogen) atoms. The van der Waals surface area contributed by atoms with Gasteiger partial charge in [-0.1, -0.05) is 0 Å². The second kappa shape index (κ2) is 5.33. The number of nitrogens with zero attached hydrogens (tertiary/aromatic N) is 2. The van der Waals surface area contributed by atoms with Gasteiger partial charge in [0.15, 0.2) is 5.76 Å². The van der Waals surface area contributed by atoms with Gasteiger partial charge in [0.1, 0.15) is 11.9 Å². The number of amides is 1. The van der Waals surface area contributed by atoms with Crippen LogP contribution in [0.1, 0.15) is 21.7 Å². The van der Waals surface area contributed by atoms with Gasteiger partial charge in [-0.15, -0.1) is 0 Å². The Morgan fingerprint density at radius 2 is 2.05 bits per heavy atom. The van der Waals surface area contributed by atoms with Crippen LogP contribution in [0.3, 0.4) is 0 Å². The fourth-order valence-electron chi connectivity index (χ4n) is 2.21. The topological polar surface area (TPSA) is 66.5 Å². The molecule has 1 saturated heterocycles. The standard InChI is InChI=1S/C16H14N2O3/c1-11-6-7-20-15(11)16(19)18-9-14(10-18)21-13-4-2-12(8-17)3-5-13/h2-7,14H,9-10H2,1H3. The van der Waals surface area contributed by atoms with Gasteiger partial charge in [-0.05, 0) is 37.3 Å². The molecule has 1 aliphatic heterocycles. The number of hydrogen-bond acceptors (Lipinski definition) is 4. The summed E-state index contributed by atoms with van der Waals surface area (Å²) in [5, 5.41) is 8.73. The zero-order valence-corrected chi connectivity index (χ0v) is 11.6. The van der Waals surface area contributed by atoms with Crippen molar-refractivity contribution < 1.29 is 13.9 Å². The summed E-state index contributed by atoms with van der Waals surface area (Å²) in [6.07, 6.45) is 1.50. The monoisotopic (exact) mass is 282 g/mol. The number of benzene rings is 1. The van der Waals surface area contributed by atoms with Crippen molar-refractivity contribution in [3.63, 3.8) is 0 Å². The average molecular weight is 282 g/mol. The molecule has 0 N–H and O–H groups in total. The number of furan rings is 1. The summed E-state index contributed by atoms with van der Waals surface area (Å²) in [6.45, 7) is 2.93. The van der Waals surface area contributed by atoms with Crippen molar-refractivity contribution in [2.45, 2.75) is 13.0 Å². The maximum Gasteiger partial charge on any atom is 0.290 e. The third kappa shape index (κ3) is 2.61. The number of carbonyl (C=O) groups is 1. The number of ether oxygens (including phenoxy) is 1. The quantitative estimate of drug-likeness (QED) is 0.866. The zero-order chi connectivity index (χ0) is 14.8. The van der Waals surface area contributed by atoms with E-state index in [4.69, 9.17) is 14.4 Å². The normalized spacial score (nSPS) is 14.4. The molecule has 0 atom stereocenters. The number of carbonyl (C=O) groups excluding carboxylic acids is 1. The molecule has 3 rings (SSSR count). The molecule has 0 saturated carbocycles. The summed E-state index contributed by atoms with van der Waals surface area (Å²) < 4.78 is 10.9. The first kappa shape index (κ1) is 13.3. The van der Waals surface area contributed by atoms with Gasteiger partial charge in [0.25, 0.3) is 5.91 Å². The van der Waals surface area contributed by atoms with Crippen LogP contribution in [0.15, 0.2) is 41.0 Å². The Bertz CT molecular complexity index is 691. The first-order chi connectivity index (χ1) is 10.2. The van der Waals surface area contributed by atoms with Gasteiger partial charge in [-0.2, -0.15) is 5.26 Å². The van der Waals surface area contributed by atoms with Crippen molar-refractivity contribution in [2.24, 2.45) is 0 Å². The van der Waals surface area contributed by atoms with Crippen LogP contribution >= 0.6 is 0 Å². The summed E-state index contributed by atoms with van der Waals surface area (Å²) in [5.41, 5.74) is 1.44. The van der Waals surface area contributed by atoms with Crippen LogP contribution in [0.25, 0.3) is 0 Å². The molecule has 0 unspecified atom stereocenters. The van der Waals surface area contributed by atoms with E-state index >= 15 is 0 Å². The van der Waals surface area contributed by atoms with Crippen molar-refractivity contribution in [3.05, 3.63) is 53.5 Å². The lowest BCUT2D eigenvalue weighted by Crippen LogP contribution is -2.56. The third-order valence-corrected chi connectivity index (χ3v) is 3.48. The summed E-state index contributed by atoms with van der Waals surface area (Å²) >= 11 is 0. The first-order valence-corrected chi connectivity index (χ1v) is 6.67. The first-order valence-electron chi connectivity index (χ1n) is 6.67. The molecular formula is C16H14N2O3. The number of likely N-dealkylation sites (tertiary alicyclic amines) is 1. The van der Waals surface area contributed by atoms with Gasteiger partial charge in [0.05, 0.1) is 31.0 Å². The van der Waals surface area contributed by atoms with Crippen molar-refractivity contribution in [1.29, 1.82) is 5.26 Å². The Morgan fingerprint density at radius 1 is 1.33 bits per heavy atom. The van der Waals surface area contributed by atoms with E-state index in [1.807, 2.05) is 6.92 Å². The van der Waals surface area contributed by atoms with Crippen LogP contribution in [-0.4, -0.2) is 30.0 Å². The van der Waals surface area contributed by atoms with Crippen molar-refractivity contribution >= 4 is 5.91 Å². The van der Waals surface area contributed by atoms with Gasteiger partial charge >= 0.3 is 0 Å². The number of hydrogen-bond donors (Lipinski definition) is 0. The summed E-state index contributed by atoms with van der Waals surface area (Å²) in [5.74, 6) is 1.00. The van der Waals surface area contributed by atoms with Crippen molar-refractivity contribution in [1.82, 2.24) is 4.90 Å². The molecule has 1 fully saturated rings. The number of aryl methyl sites for hydroxylation is 1. The highest BCUT2D eigenvalue weighted by atomic mass is 16.5. The van der Waals surface area contributed by atoms with Gasteiger partial charge in [0, 0.05) is 5.56 Å². The number of rotatable bonds is 3. The molecular weight excluding hydrogens is 268 g/mol. The highest BCUT2D eigenvalue weighted by molar-refractivity contribution is 5.93. The molecule has 5 heteroatoms. The molecule has 0 spiro atoms. The van der Waals surface area contributed by atoms with E-state index in [0.29, 0.717) is 30.2 Å². The highest BCUT2D eigenvalue weighted by Gasteiger charge is 2.34. The minimum Gasteiger partial charge on any atom is -0.487 e. The lowest BCUT2D eigenvalue weighted by molar-refractivity contribution is 0.0154. The van der Waals surface area contributed by atoms with E-state index in [9.17, 15) is 4.79 Å². The minimum atomic E-state index is -0.0998. The van der Waals surface area contributed by atoms with Crippen LogP contribution in [-0.2, 0) is 0 Å². The Labute approximate surface area is 122 Å². The molecule has 5 nitrogen and oxygen atoms in total. The van der Waals surface area contributed by atoms with Crippen LogP contribution in [0.2, 0.25) is 0 Å². The summed E-state index contributed by atoms with van der Waals surface area (Å²) in [4.78, 5) is 13.8. The average Bonchev–Trinajstić information content (AvgIpc) is 2.88. The largest absolute Gasteiger partial charge is 0.487 e. The fraction of sp³-hybridized carbons (Fsp3) is 0.250. The van der Waals surface area contributed by atoms with Crippen molar-refractivity contribution in [3.8, 4) is 11.8 Å². The molecule has 1 aromatic heterocycles. The molecule has 0 bridgehead atoms. The molecule has 2 aromatic rings.